The van der Waals surface area contributed by atoms with Gasteiger partial charge < -0.3 is 0 Å². The van der Waals surface area contributed by atoms with E-state index in [2.05, 4.69) is 76.7 Å². The summed E-state index contributed by atoms with van der Waals surface area (Å²) in [6, 6.07) is 4.45. The van der Waals surface area contributed by atoms with Crippen LogP contribution >= 0.6 is 0 Å². The van der Waals surface area contributed by atoms with Crippen molar-refractivity contribution >= 4 is 0 Å². The summed E-state index contributed by atoms with van der Waals surface area (Å²) >= 11 is 0. The van der Waals surface area contributed by atoms with Gasteiger partial charge in [0.25, 0.3) is 0 Å². The van der Waals surface area contributed by atoms with Crippen molar-refractivity contribution in [2.24, 2.45) is 58.2 Å². The number of hydrogen-bond donors (Lipinski definition) is 0. The van der Waals surface area contributed by atoms with E-state index in [1.807, 2.05) is 6.92 Å². The van der Waals surface area contributed by atoms with Crippen molar-refractivity contribution in [3.8, 4) is 11.8 Å². The Labute approximate surface area is 235 Å². The van der Waals surface area contributed by atoms with Crippen molar-refractivity contribution < 1.29 is 0 Å². The van der Waals surface area contributed by atoms with Crippen LogP contribution in [-0.4, -0.2) is 4.98 Å². The lowest BCUT2D eigenvalue weighted by atomic mass is 9.47. The van der Waals surface area contributed by atoms with Gasteiger partial charge in [0, 0.05) is 6.20 Å². The summed E-state index contributed by atoms with van der Waals surface area (Å²) in [5, 5.41) is 0. The molecule has 1 aromatic heterocycles. The summed E-state index contributed by atoms with van der Waals surface area (Å²) in [5.74, 6) is 14.3. The fraction of sp³-hybridized carbons (Fsp3) is 0.811. The highest BCUT2D eigenvalue weighted by molar-refractivity contribution is 5.30. The first-order valence-corrected chi connectivity index (χ1v) is 16.6. The Balaban J connectivity index is 1.29. The molecule has 11 atom stereocenters. The minimum Gasteiger partial charge on any atom is -0.248 e. The monoisotopic (exact) mass is 515 g/mol. The van der Waals surface area contributed by atoms with E-state index in [-0.39, 0.29) is 0 Å². The molecule has 38 heavy (non-hydrogen) atoms. The number of aromatic nitrogens is 1. The van der Waals surface area contributed by atoms with Crippen LogP contribution in [0.25, 0.3) is 0 Å². The van der Waals surface area contributed by atoms with Crippen molar-refractivity contribution in [1.82, 2.24) is 4.98 Å². The number of fused-ring (bicyclic) bond motifs is 5. The highest BCUT2D eigenvalue weighted by Crippen LogP contribution is 2.67. The summed E-state index contributed by atoms with van der Waals surface area (Å²) in [5.41, 5.74) is 3.48. The van der Waals surface area contributed by atoms with Gasteiger partial charge >= 0.3 is 0 Å². The van der Waals surface area contributed by atoms with Crippen LogP contribution in [0.1, 0.15) is 143 Å². The van der Waals surface area contributed by atoms with Crippen LogP contribution in [0.3, 0.4) is 0 Å². The third-order valence-electron chi connectivity index (χ3n) is 13.2. The molecule has 1 nitrogen and oxygen atoms in total. The number of nitrogens with zero attached hydrogens (tertiary/aromatic N) is 1. The fourth-order valence-electron chi connectivity index (χ4n) is 11.2. The second-order valence-corrected chi connectivity index (χ2v) is 15.1. The van der Waals surface area contributed by atoms with E-state index >= 15 is 0 Å². The van der Waals surface area contributed by atoms with Crippen molar-refractivity contribution in [3.05, 3.63) is 29.6 Å². The standard InChI is InChI=1S/C37H57N/c1-8-11-29-14-12-28(24-38-29)26(5)30(10-3)34-16-17-35-33-15-13-27-23-36(6,22-25(4)9-2)20-18-31(27)32(33)19-21-37(34,35)7/h12,14,24-27,30-35H,9-10,13,15-23H2,1-7H3/t25-,26+,27+,30?,31?,32+,33+,34?,35-,36+,37?/m0/s1. The van der Waals surface area contributed by atoms with Crippen LogP contribution in [0.4, 0.5) is 0 Å². The van der Waals surface area contributed by atoms with Crippen LogP contribution in [0.2, 0.25) is 0 Å². The lowest BCUT2D eigenvalue weighted by Crippen LogP contribution is -2.50. The summed E-state index contributed by atoms with van der Waals surface area (Å²) in [7, 11) is 0. The first-order chi connectivity index (χ1) is 18.2. The first kappa shape index (κ1) is 28.2. The predicted octanol–water partition coefficient (Wildman–Crippen LogP) is 10.3. The largest absolute Gasteiger partial charge is 0.248 e. The molecule has 0 amide bonds. The molecule has 0 aromatic carbocycles. The maximum atomic E-state index is 4.68. The highest BCUT2D eigenvalue weighted by atomic mass is 14.7. The molecule has 0 N–H and O–H groups in total. The molecular weight excluding hydrogens is 458 g/mol. The van der Waals surface area contributed by atoms with E-state index < -0.39 is 0 Å². The smallest absolute Gasteiger partial charge is 0.113 e. The molecular formula is C37H57N. The molecule has 1 heterocycles. The molecule has 0 saturated heterocycles. The Morgan fingerprint density at radius 3 is 2.39 bits per heavy atom. The average Bonchev–Trinajstić information content (AvgIpc) is 3.26. The van der Waals surface area contributed by atoms with Gasteiger partial charge in [-0.3, -0.25) is 0 Å². The fourth-order valence-corrected chi connectivity index (χ4v) is 11.2. The third kappa shape index (κ3) is 5.13. The molecule has 0 bridgehead atoms. The second-order valence-electron chi connectivity index (χ2n) is 15.1. The summed E-state index contributed by atoms with van der Waals surface area (Å²) in [6.07, 6.45) is 19.8. The van der Waals surface area contributed by atoms with E-state index in [9.17, 15) is 0 Å². The van der Waals surface area contributed by atoms with Gasteiger partial charge in [-0.25, -0.2) is 4.98 Å². The van der Waals surface area contributed by atoms with E-state index in [1.54, 1.807) is 0 Å². The lowest BCUT2D eigenvalue weighted by Gasteiger charge is -2.58. The minimum atomic E-state index is 0.545. The zero-order chi connectivity index (χ0) is 27.1. The molecule has 4 fully saturated rings. The Kier molecular flexibility index (Phi) is 8.40. The van der Waals surface area contributed by atoms with Gasteiger partial charge in [0.1, 0.15) is 5.69 Å². The van der Waals surface area contributed by atoms with Gasteiger partial charge in [0.2, 0.25) is 0 Å². The summed E-state index contributed by atoms with van der Waals surface area (Å²) in [4.78, 5) is 4.68. The van der Waals surface area contributed by atoms with Crippen molar-refractivity contribution in [1.29, 1.82) is 0 Å². The highest BCUT2D eigenvalue weighted by Gasteiger charge is 2.58. The van der Waals surface area contributed by atoms with Crippen LogP contribution in [0.5, 0.6) is 0 Å². The summed E-state index contributed by atoms with van der Waals surface area (Å²) < 4.78 is 0. The van der Waals surface area contributed by atoms with Crippen molar-refractivity contribution in [3.63, 3.8) is 0 Å². The van der Waals surface area contributed by atoms with Gasteiger partial charge in [-0.15, -0.1) is 0 Å². The maximum absolute atomic E-state index is 4.68. The van der Waals surface area contributed by atoms with Gasteiger partial charge in [0.05, 0.1) is 0 Å². The Morgan fingerprint density at radius 1 is 0.921 bits per heavy atom. The van der Waals surface area contributed by atoms with E-state index in [0.717, 1.165) is 53.0 Å². The van der Waals surface area contributed by atoms with Crippen LogP contribution < -0.4 is 0 Å². The van der Waals surface area contributed by atoms with Crippen LogP contribution in [0, 0.1) is 70.0 Å². The molecule has 1 heteroatoms. The van der Waals surface area contributed by atoms with Crippen molar-refractivity contribution in [2.75, 3.05) is 0 Å². The maximum Gasteiger partial charge on any atom is 0.113 e. The number of pyridine rings is 1. The van der Waals surface area contributed by atoms with Crippen LogP contribution in [0.15, 0.2) is 18.3 Å². The first-order valence-electron chi connectivity index (χ1n) is 16.6. The molecule has 4 aliphatic rings. The quantitative estimate of drug-likeness (QED) is 0.329. The second kappa shape index (κ2) is 11.3. The molecule has 0 radical (unpaired) electrons. The van der Waals surface area contributed by atoms with E-state index in [1.165, 1.54) is 82.6 Å². The Hall–Kier alpha value is -1.29. The number of rotatable bonds is 7. The molecule has 4 aliphatic carbocycles. The SMILES string of the molecule is CC#Cc1ccc([C@@H](C)C(CC)C2CC[C@H]3[C@@H]4CC[C@@H]5C[C@@](C)(C[C@@H](C)CC)CCC5[C@H]4CCC23C)cn1. The molecule has 0 spiro atoms. The van der Waals surface area contributed by atoms with Gasteiger partial charge in [-0.2, -0.15) is 0 Å². The van der Waals surface area contributed by atoms with Gasteiger partial charge in [0.15, 0.2) is 0 Å². The molecule has 0 aliphatic heterocycles. The van der Waals surface area contributed by atoms with E-state index in [4.69, 9.17) is 0 Å². The Bertz CT molecular complexity index is 998. The van der Waals surface area contributed by atoms with E-state index in [0.29, 0.717) is 16.7 Å². The number of hydrogen-bond acceptors (Lipinski definition) is 1. The Morgan fingerprint density at radius 2 is 1.71 bits per heavy atom. The molecule has 4 unspecified atom stereocenters. The van der Waals surface area contributed by atoms with Crippen LogP contribution in [-0.2, 0) is 0 Å². The average molecular weight is 516 g/mol. The normalized spacial score (nSPS) is 40.6. The third-order valence-corrected chi connectivity index (χ3v) is 13.2. The molecule has 210 valence electrons. The molecule has 5 rings (SSSR count). The topological polar surface area (TPSA) is 12.9 Å². The summed E-state index contributed by atoms with van der Waals surface area (Å²) in [6.45, 7) is 17.1. The molecule has 1 aromatic rings. The van der Waals surface area contributed by atoms with Gasteiger partial charge in [-0.05, 0) is 153 Å². The molecule has 4 saturated carbocycles. The minimum absolute atomic E-state index is 0.545. The van der Waals surface area contributed by atoms with Crippen molar-refractivity contribution in [2.45, 2.75) is 131 Å². The zero-order valence-electron chi connectivity index (χ0n) is 25.9. The zero-order valence-corrected chi connectivity index (χ0v) is 25.9. The lowest BCUT2D eigenvalue weighted by molar-refractivity contribution is -0.0866. The predicted molar refractivity (Wildman–Crippen MR) is 162 cm³/mol. The van der Waals surface area contributed by atoms with Gasteiger partial charge in [-0.1, -0.05) is 66.4 Å².